The van der Waals surface area contributed by atoms with Crippen molar-refractivity contribution in [2.45, 2.75) is 38.1 Å². The molecule has 1 unspecified atom stereocenters. The average Bonchev–Trinajstić information content (AvgIpc) is 2.62. The number of ketones is 1. The molecular formula is C14H17F2NO. The Morgan fingerprint density at radius 1 is 1.22 bits per heavy atom. The van der Waals surface area contributed by atoms with Gasteiger partial charge in [-0.25, -0.2) is 8.78 Å². The van der Waals surface area contributed by atoms with Crippen LogP contribution in [0.1, 0.15) is 31.2 Å². The Balaban J connectivity index is 2.06. The Kier molecular flexibility index (Phi) is 4.42. The van der Waals surface area contributed by atoms with Gasteiger partial charge in [0.25, 0.3) is 0 Å². The van der Waals surface area contributed by atoms with Crippen LogP contribution < -0.4 is 5.32 Å². The maximum absolute atomic E-state index is 13.4. The Labute approximate surface area is 105 Å². The first-order valence-electron chi connectivity index (χ1n) is 6.37. The molecule has 1 heterocycles. The highest BCUT2D eigenvalue weighted by Gasteiger charge is 2.22. The molecule has 1 atom stereocenters. The zero-order chi connectivity index (χ0) is 13.0. The van der Waals surface area contributed by atoms with Crippen molar-refractivity contribution in [1.82, 2.24) is 5.32 Å². The molecule has 1 aliphatic heterocycles. The summed E-state index contributed by atoms with van der Waals surface area (Å²) >= 11 is 0. The third-order valence-corrected chi connectivity index (χ3v) is 3.36. The van der Waals surface area contributed by atoms with E-state index >= 15 is 0 Å². The maximum Gasteiger partial charge on any atom is 0.154 e. The monoisotopic (exact) mass is 253 g/mol. The predicted molar refractivity (Wildman–Crippen MR) is 65.3 cm³/mol. The molecule has 18 heavy (non-hydrogen) atoms. The van der Waals surface area contributed by atoms with E-state index in [4.69, 9.17) is 0 Å². The minimum absolute atomic E-state index is 0.117. The van der Waals surface area contributed by atoms with Gasteiger partial charge in [-0.05, 0) is 31.5 Å². The lowest BCUT2D eigenvalue weighted by Gasteiger charge is -2.14. The summed E-state index contributed by atoms with van der Waals surface area (Å²) in [6, 6.07) is 3.42. The summed E-state index contributed by atoms with van der Waals surface area (Å²) in [5.74, 6) is -1.41. The van der Waals surface area contributed by atoms with Crippen LogP contribution in [-0.2, 0) is 11.2 Å². The topological polar surface area (TPSA) is 29.1 Å². The minimum atomic E-state index is -0.642. The van der Waals surface area contributed by atoms with Crippen molar-refractivity contribution < 1.29 is 13.6 Å². The second kappa shape index (κ2) is 6.05. The summed E-state index contributed by atoms with van der Waals surface area (Å²) in [4.78, 5) is 12.0. The number of nitrogens with one attached hydrogen (secondary N) is 1. The summed E-state index contributed by atoms with van der Waals surface area (Å²) in [5.41, 5.74) is -0.117. The van der Waals surface area contributed by atoms with E-state index in [2.05, 4.69) is 5.32 Å². The molecule has 0 saturated carbocycles. The van der Waals surface area contributed by atoms with E-state index in [9.17, 15) is 13.6 Å². The average molecular weight is 253 g/mol. The lowest BCUT2D eigenvalue weighted by Crippen LogP contribution is -2.37. The molecule has 2 nitrogen and oxygen atoms in total. The zero-order valence-corrected chi connectivity index (χ0v) is 10.2. The summed E-state index contributed by atoms with van der Waals surface area (Å²) in [6.07, 6.45) is 3.73. The first-order valence-corrected chi connectivity index (χ1v) is 6.37. The number of hydrogen-bond donors (Lipinski definition) is 1. The van der Waals surface area contributed by atoms with Crippen LogP contribution in [0.25, 0.3) is 0 Å². The van der Waals surface area contributed by atoms with Crippen LogP contribution in [0, 0.1) is 11.6 Å². The highest BCUT2D eigenvalue weighted by atomic mass is 19.1. The Morgan fingerprint density at radius 2 is 1.94 bits per heavy atom. The molecule has 2 rings (SSSR count). The fraction of sp³-hybridized carbons (Fsp3) is 0.500. The molecule has 0 bridgehead atoms. The van der Waals surface area contributed by atoms with Crippen molar-refractivity contribution in [3.63, 3.8) is 0 Å². The first-order chi connectivity index (χ1) is 8.68. The normalized spacial score (nSPS) is 20.4. The summed E-state index contributed by atoms with van der Waals surface area (Å²) in [6.45, 7) is 0.802. The van der Waals surface area contributed by atoms with E-state index in [1.54, 1.807) is 0 Å². The SMILES string of the molecule is O=C(Cc1c(F)cccc1F)C1CCCCCN1. The van der Waals surface area contributed by atoms with E-state index < -0.39 is 11.6 Å². The van der Waals surface area contributed by atoms with Crippen LogP contribution in [0.3, 0.4) is 0 Å². The number of rotatable bonds is 3. The van der Waals surface area contributed by atoms with Gasteiger partial charge in [0.1, 0.15) is 11.6 Å². The molecule has 1 fully saturated rings. The second-order valence-electron chi connectivity index (χ2n) is 4.70. The molecule has 0 amide bonds. The largest absolute Gasteiger partial charge is 0.307 e. The van der Waals surface area contributed by atoms with Crippen molar-refractivity contribution in [2.24, 2.45) is 0 Å². The van der Waals surface area contributed by atoms with Crippen LogP contribution >= 0.6 is 0 Å². The number of Topliss-reactive ketones (excluding diaryl/α,β-unsaturated/α-hetero) is 1. The predicted octanol–water partition coefficient (Wildman–Crippen LogP) is 2.61. The van der Waals surface area contributed by atoms with Gasteiger partial charge in [-0.2, -0.15) is 0 Å². The third-order valence-electron chi connectivity index (χ3n) is 3.36. The van der Waals surface area contributed by atoms with Gasteiger partial charge in [0, 0.05) is 12.0 Å². The minimum Gasteiger partial charge on any atom is -0.307 e. The summed E-state index contributed by atoms with van der Waals surface area (Å²) in [7, 11) is 0. The molecule has 98 valence electrons. The zero-order valence-electron chi connectivity index (χ0n) is 10.2. The standard InChI is InChI=1S/C14H17F2NO/c15-11-5-4-6-12(16)10(11)9-14(18)13-7-2-1-3-8-17-13/h4-6,13,17H,1-3,7-9H2. The fourth-order valence-corrected chi connectivity index (χ4v) is 2.30. The van der Waals surface area contributed by atoms with Gasteiger partial charge in [-0.3, -0.25) is 4.79 Å². The van der Waals surface area contributed by atoms with Gasteiger partial charge in [0.05, 0.1) is 6.04 Å². The first kappa shape index (κ1) is 13.1. The number of carbonyl (C=O) groups is 1. The van der Waals surface area contributed by atoms with Crippen LogP contribution in [0.5, 0.6) is 0 Å². The summed E-state index contributed by atoms with van der Waals surface area (Å²) < 4.78 is 26.9. The van der Waals surface area contributed by atoms with Gasteiger partial charge in [-0.15, -0.1) is 0 Å². The van der Waals surface area contributed by atoms with Crippen molar-refractivity contribution in [3.8, 4) is 0 Å². The Morgan fingerprint density at radius 3 is 2.67 bits per heavy atom. The molecule has 1 N–H and O–H groups in total. The van der Waals surface area contributed by atoms with Gasteiger partial charge in [0.15, 0.2) is 5.78 Å². The van der Waals surface area contributed by atoms with Gasteiger partial charge in [0.2, 0.25) is 0 Å². The second-order valence-corrected chi connectivity index (χ2v) is 4.70. The number of halogens is 2. The van der Waals surface area contributed by atoms with Gasteiger partial charge < -0.3 is 5.32 Å². The molecule has 4 heteroatoms. The molecule has 0 aromatic heterocycles. The fourth-order valence-electron chi connectivity index (χ4n) is 2.30. The number of benzene rings is 1. The van der Waals surface area contributed by atoms with Gasteiger partial charge >= 0.3 is 0 Å². The van der Waals surface area contributed by atoms with E-state index in [-0.39, 0.29) is 23.8 Å². The quantitative estimate of drug-likeness (QED) is 0.897. The van der Waals surface area contributed by atoms with E-state index in [1.807, 2.05) is 0 Å². The lowest BCUT2D eigenvalue weighted by molar-refractivity contribution is -0.120. The smallest absolute Gasteiger partial charge is 0.154 e. The number of carbonyl (C=O) groups excluding carboxylic acids is 1. The maximum atomic E-state index is 13.4. The third kappa shape index (κ3) is 3.13. The van der Waals surface area contributed by atoms with Crippen molar-refractivity contribution in [3.05, 3.63) is 35.4 Å². The highest BCUT2D eigenvalue weighted by molar-refractivity contribution is 5.86. The molecule has 1 saturated heterocycles. The van der Waals surface area contributed by atoms with E-state index in [1.165, 1.54) is 18.2 Å². The van der Waals surface area contributed by atoms with E-state index in [0.717, 1.165) is 32.2 Å². The molecule has 1 aromatic carbocycles. The molecule has 1 aliphatic rings. The van der Waals surface area contributed by atoms with Crippen molar-refractivity contribution in [1.29, 1.82) is 0 Å². The van der Waals surface area contributed by atoms with E-state index in [0.29, 0.717) is 0 Å². The van der Waals surface area contributed by atoms with Gasteiger partial charge in [-0.1, -0.05) is 18.9 Å². The Bertz CT molecular complexity index is 406. The molecule has 0 spiro atoms. The van der Waals surface area contributed by atoms with Crippen LogP contribution in [0.4, 0.5) is 8.78 Å². The molecule has 1 aromatic rings. The van der Waals surface area contributed by atoms with Crippen molar-refractivity contribution in [2.75, 3.05) is 6.54 Å². The van der Waals surface area contributed by atoms with Crippen LogP contribution in [0.2, 0.25) is 0 Å². The van der Waals surface area contributed by atoms with Crippen molar-refractivity contribution >= 4 is 5.78 Å². The van der Waals surface area contributed by atoms with Crippen LogP contribution in [0.15, 0.2) is 18.2 Å². The Hall–Kier alpha value is -1.29. The molecule has 0 radical (unpaired) electrons. The molecular weight excluding hydrogens is 236 g/mol. The summed E-state index contributed by atoms with van der Waals surface area (Å²) in [5, 5.41) is 3.15. The lowest BCUT2D eigenvalue weighted by atomic mass is 9.99. The number of hydrogen-bond acceptors (Lipinski definition) is 2. The van der Waals surface area contributed by atoms with Crippen LogP contribution in [-0.4, -0.2) is 18.4 Å². The molecule has 0 aliphatic carbocycles. The highest BCUT2D eigenvalue weighted by Crippen LogP contribution is 2.16.